The summed E-state index contributed by atoms with van der Waals surface area (Å²) in [4.78, 5) is 36.2. The smallest absolute Gasteiger partial charge is 0.251 e. The van der Waals surface area contributed by atoms with Gasteiger partial charge in [-0.2, -0.15) is 0 Å². The molecule has 0 aliphatic carbocycles. The Labute approximate surface area is 232 Å². The van der Waals surface area contributed by atoms with Gasteiger partial charge in [-0.3, -0.25) is 14.4 Å². The number of hydrogen-bond acceptors (Lipinski definition) is 5. The molecule has 3 aromatic carbocycles. The number of anilines is 1. The normalized spacial score (nSPS) is 11.6. The van der Waals surface area contributed by atoms with Crippen LogP contribution < -0.4 is 10.6 Å². The summed E-state index contributed by atoms with van der Waals surface area (Å²) in [5.41, 5.74) is 3.27. The highest BCUT2D eigenvalue weighted by atomic mass is 19.1. The molecule has 2 amide bonds. The molecular weight excluding hydrogens is 511 g/mol. The van der Waals surface area contributed by atoms with Crippen LogP contribution in [-0.2, 0) is 16.0 Å². The highest BCUT2D eigenvalue weighted by Gasteiger charge is 2.25. The number of benzene rings is 3. The van der Waals surface area contributed by atoms with Gasteiger partial charge in [-0.15, -0.1) is 0 Å². The zero-order valence-electron chi connectivity index (χ0n) is 21.9. The van der Waals surface area contributed by atoms with Gasteiger partial charge in [0.1, 0.15) is 18.5 Å². The Kier molecular flexibility index (Phi) is 11.2. The number of carbonyl (C=O) groups is 3. The molecule has 0 heterocycles. The molecule has 3 aromatic rings. The van der Waals surface area contributed by atoms with E-state index in [9.17, 15) is 23.9 Å². The predicted octanol–water partition coefficient (Wildman–Crippen LogP) is 3.23. The lowest BCUT2D eigenvalue weighted by molar-refractivity contribution is -0.126. The second kappa shape index (κ2) is 15.0. The highest BCUT2D eigenvalue weighted by molar-refractivity contribution is 5.98. The van der Waals surface area contributed by atoms with Crippen molar-refractivity contribution in [3.63, 3.8) is 0 Å². The van der Waals surface area contributed by atoms with Crippen LogP contribution in [0, 0.1) is 29.5 Å². The van der Waals surface area contributed by atoms with E-state index in [0.717, 1.165) is 11.1 Å². The fourth-order valence-corrected chi connectivity index (χ4v) is 3.67. The van der Waals surface area contributed by atoms with Crippen LogP contribution in [-0.4, -0.2) is 46.6 Å². The van der Waals surface area contributed by atoms with E-state index in [-0.39, 0.29) is 17.3 Å². The maximum Gasteiger partial charge on any atom is 0.251 e. The number of aryl methyl sites for hydroxylation is 1. The van der Waals surface area contributed by atoms with Gasteiger partial charge in [0.2, 0.25) is 5.91 Å². The van der Waals surface area contributed by atoms with E-state index in [1.54, 1.807) is 48.5 Å². The van der Waals surface area contributed by atoms with Crippen LogP contribution in [0.4, 0.5) is 10.1 Å². The van der Waals surface area contributed by atoms with Crippen molar-refractivity contribution >= 4 is 23.3 Å². The summed E-state index contributed by atoms with van der Waals surface area (Å²) in [6, 6.07) is 18.5. The lowest BCUT2D eigenvalue weighted by Gasteiger charge is -2.19. The minimum absolute atomic E-state index is 0.100. The van der Waals surface area contributed by atoms with E-state index >= 15 is 0 Å². The fraction of sp³-hybridized carbons (Fsp3) is 0.219. The van der Waals surface area contributed by atoms with E-state index < -0.39 is 30.4 Å². The zero-order valence-corrected chi connectivity index (χ0v) is 21.9. The Morgan fingerprint density at radius 3 is 2.00 bits per heavy atom. The minimum atomic E-state index is -1.20. The molecule has 4 N–H and O–H groups in total. The average Bonchev–Trinajstić information content (AvgIpc) is 2.95. The van der Waals surface area contributed by atoms with Crippen molar-refractivity contribution in [1.82, 2.24) is 5.32 Å². The van der Waals surface area contributed by atoms with Crippen molar-refractivity contribution in [3.05, 3.63) is 101 Å². The molecule has 0 unspecified atom stereocenters. The van der Waals surface area contributed by atoms with Gasteiger partial charge in [-0.1, -0.05) is 24.0 Å². The van der Waals surface area contributed by atoms with E-state index in [1.165, 1.54) is 31.2 Å². The maximum absolute atomic E-state index is 13.0. The van der Waals surface area contributed by atoms with Crippen LogP contribution >= 0.6 is 0 Å². The number of aliphatic hydroxyl groups excluding tert-OH is 2. The summed E-state index contributed by atoms with van der Waals surface area (Å²) in [7, 11) is 0. The molecule has 204 valence electrons. The summed E-state index contributed by atoms with van der Waals surface area (Å²) in [6.07, 6.45) is 0.560. The van der Waals surface area contributed by atoms with Crippen LogP contribution in [0.5, 0.6) is 0 Å². The summed E-state index contributed by atoms with van der Waals surface area (Å²) < 4.78 is 13.0. The SMILES string of the molecule is C[C@@H](O)[C@H](NC(=O)c1ccc(C#CC#Cc2ccc(NC(=O)CCCc3ccc(F)cc3)cc2)cc1)C(=O)CO. The molecule has 8 heteroatoms. The first-order chi connectivity index (χ1) is 19.2. The number of aliphatic hydroxyl groups is 2. The summed E-state index contributed by atoms with van der Waals surface area (Å²) in [5, 5.41) is 23.9. The third-order valence-electron chi connectivity index (χ3n) is 5.85. The van der Waals surface area contributed by atoms with Crippen LogP contribution in [0.1, 0.15) is 46.8 Å². The third kappa shape index (κ3) is 9.52. The first-order valence-electron chi connectivity index (χ1n) is 12.6. The molecule has 0 fully saturated rings. The molecule has 0 saturated heterocycles. The van der Waals surface area contributed by atoms with Gasteiger partial charge in [0.15, 0.2) is 5.78 Å². The molecule has 0 radical (unpaired) electrons. The number of rotatable bonds is 10. The van der Waals surface area contributed by atoms with E-state index in [4.69, 9.17) is 5.11 Å². The Bertz CT molecular complexity index is 1440. The van der Waals surface area contributed by atoms with Crippen molar-refractivity contribution in [3.8, 4) is 23.7 Å². The quantitative estimate of drug-likeness (QED) is 0.295. The van der Waals surface area contributed by atoms with Crippen LogP contribution in [0.15, 0.2) is 72.8 Å². The second-order valence-electron chi connectivity index (χ2n) is 9.00. The molecule has 7 nitrogen and oxygen atoms in total. The molecule has 2 atom stereocenters. The van der Waals surface area contributed by atoms with Crippen molar-refractivity contribution < 1.29 is 29.0 Å². The average molecular weight is 541 g/mol. The van der Waals surface area contributed by atoms with Crippen LogP contribution in [0.25, 0.3) is 0 Å². The van der Waals surface area contributed by atoms with Crippen LogP contribution in [0.2, 0.25) is 0 Å². The Balaban J connectivity index is 1.47. The number of ketones is 1. The number of hydrogen-bond donors (Lipinski definition) is 4. The van der Waals surface area contributed by atoms with Gasteiger partial charge >= 0.3 is 0 Å². The van der Waals surface area contributed by atoms with Gasteiger partial charge in [0.05, 0.1) is 6.10 Å². The number of amides is 2. The van der Waals surface area contributed by atoms with E-state index in [2.05, 4.69) is 34.3 Å². The van der Waals surface area contributed by atoms with Gasteiger partial charge in [-0.25, -0.2) is 4.39 Å². The molecule has 0 aliphatic heterocycles. The molecule has 0 saturated carbocycles. The third-order valence-corrected chi connectivity index (χ3v) is 5.85. The minimum Gasteiger partial charge on any atom is -0.391 e. The van der Waals surface area contributed by atoms with Crippen molar-refractivity contribution in [2.24, 2.45) is 0 Å². The Morgan fingerprint density at radius 2 is 1.45 bits per heavy atom. The van der Waals surface area contributed by atoms with Gasteiger partial charge in [0, 0.05) is 28.8 Å². The lowest BCUT2D eigenvalue weighted by Crippen LogP contribution is -2.48. The van der Waals surface area contributed by atoms with Crippen molar-refractivity contribution in [2.45, 2.75) is 38.3 Å². The second-order valence-corrected chi connectivity index (χ2v) is 9.00. The van der Waals surface area contributed by atoms with Crippen molar-refractivity contribution in [1.29, 1.82) is 0 Å². The maximum atomic E-state index is 13.0. The first kappa shape index (κ1) is 29.8. The summed E-state index contributed by atoms with van der Waals surface area (Å²) >= 11 is 0. The number of carbonyl (C=O) groups excluding carboxylic acids is 3. The molecule has 40 heavy (non-hydrogen) atoms. The molecule has 0 spiro atoms. The number of halogens is 1. The summed E-state index contributed by atoms with van der Waals surface area (Å²) in [6.45, 7) is 0.569. The zero-order chi connectivity index (χ0) is 28.9. The highest BCUT2D eigenvalue weighted by Crippen LogP contribution is 2.11. The first-order valence-corrected chi connectivity index (χ1v) is 12.6. The van der Waals surface area contributed by atoms with Gasteiger partial charge in [-0.05, 0) is 97.8 Å². The monoisotopic (exact) mass is 540 g/mol. The van der Waals surface area contributed by atoms with Crippen LogP contribution in [0.3, 0.4) is 0 Å². The van der Waals surface area contributed by atoms with Gasteiger partial charge in [0.25, 0.3) is 5.91 Å². The standard InChI is InChI=1S/C32H29FN2O5/c1-22(37)31(29(38)21-36)35-32(40)26-15-9-23(10-16-26)5-2-3-6-24-13-19-28(20-14-24)34-30(39)8-4-7-25-11-17-27(33)18-12-25/h9-20,22,31,36-37H,4,7-8,21H2,1H3,(H,34,39)(H,35,40)/t22-,31+/m1/s1. The van der Waals surface area contributed by atoms with Gasteiger partial charge < -0.3 is 20.8 Å². The largest absolute Gasteiger partial charge is 0.391 e. The van der Waals surface area contributed by atoms with Crippen molar-refractivity contribution in [2.75, 3.05) is 11.9 Å². The number of Topliss-reactive ketones (excluding diaryl/α,β-unsaturated/α-hetero) is 1. The molecule has 0 aliphatic rings. The predicted molar refractivity (Wildman–Crippen MR) is 150 cm³/mol. The van der Waals surface area contributed by atoms with E-state index in [0.29, 0.717) is 30.5 Å². The molecule has 3 rings (SSSR count). The van der Waals surface area contributed by atoms with E-state index in [1.807, 2.05) is 0 Å². The summed E-state index contributed by atoms with van der Waals surface area (Å²) in [5.74, 6) is 9.70. The Hall–Kier alpha value is -4.76. The molecule has 0 aromatic heterocycles. The molecular formula is C32H29FN2O5. The topological polar surface area (TPSA) is 116 Å². The fourth-order valence-electron chi connectivity index (χ4n) is 3.67. The molecule has 0 bridgehead atoms. The lowest BCUT2D eigenvalue weighted by atomic mass is 10.1. The Morgan fingerprint density at radius 1 is 0.875 bits per heavy atom. The number of nitrogens with one attached hydrogen (secondary N) is 2.